The van der Waals surface area contributed by atoms with Crippen molar-refractivity contribution in [3.05, 3.63) is 65.2 Å². The van der Waals surface area contributed by atoms with Crippen LogP contribution in [0.25, 0.3) is 0 Å². The molecule has 0 unspecified atom stereocenters. The molecule has 132 valence electrons. The fraction of sp³-hybridized carbons (Fsp3) is 0.263. The van der Waals surface area contributed by atoms with Crippen LogP contribution in [-0.2, 0) is 4.79 Å². The average molecular weight is 346 g/mol. The molecule has 25 heavy (non-hydrogen) atoms. The van der Waals surface area contributed by atoms with Crippen LogP contribution in [0.2, 0.25) is 0 Å². The highest BCUT2D eigenvalue weighted by atomic mass is 19.2. The molecule has 0 saturated heterocycles. The lowest BCUT2D eigenvalue weighted by molar-refractivity contribution is -0.118. The van der Waals surface area contributed by atoms with Crippen LogP contribution in [-0.4, -0.2) is 17.9 Å². The summed E-state index contributed by atoms with van der Waals surface area (Å²) in [6.07, 6.45) is 0. The summed E-state index contributed by atoms with van der Waals surface area (Å²) < 4.78 is 26.2. The Kier molecular flexibility index (Phi) is 5.85. The molecular formula is C19H20F2N2O2. The third-order valence-electron chi connectivity index (χ3n) is 3.81. The Morgan fingerprint density at radius 3 is 2.28 bits per heavy atom. The van der Waals surface area contributed by atoms with Gasteiger partial charge in [0.25, 0.3) is 5.91 Å². The number of hydrogen-bond acceptors (Lipinski definition) is 2. The molecule has 0 aliphatic heterocycles. The molecule has 1 atom stereocenters. The Bertz CT molecular complexity index is 791. The molecule has 4 nitrogen and oxygen atoms in total. The minimum Gasteiger partial charge on any atom is -0.340 e. The predicted octanol–water partition coefficient (Wildman–Crippen LogP) is 3.67. The number of amides is 2. The Balaban J connectivity index is 2.14. The van der Waals surface area contributed by atoms with Gasteiger partial charge < -0.3 is 10.6 Å². The molecule has 0 bridgehead atoms. The van der Waals surface area contributed by atoms with Gasteiger partial charge in [0.1, 0.15) is 6.04 Å². The lowest BCUT2D eigenvalue weighted by Crippen LogP contribution is -2.47. The molecule has 0 radical (unpaired) electrons. The van der Waals surface area contributed by atoms with Gasteiger partial charge in [-0.15, -0.1) is 0 Å². The maximum absolute atomic E-state index is 13.3. The standard InChI is InChI=1S/C19H20F2N2O2/c1-11(2)17(23-18(24)14-7-5-4-6-12(14)3)19(25)22-13-8-9-15(20)16(21)10-13/h4-11,17H,1-3H3,(H,22,25)(H,23,24)/t17-/m0/s1. The van der Waals surface area contributed by atoms with Crippen LogP contribution in [0.5, 0.6) is 0 Å². The number of nitrogens with one attached hydrogen (secondary N) is 2. The van der Waals surface area contributed by atoms with E-state index in [9.17, 15) is 18.4 Å². The minimum absolute atomic E-state index is 0.125. The topological polar surface area (TPSA) is 58.2 Å². The van der Waals surface area contributed by atoms with E-state index in [2.05, 4.69) is 10.6 Å². The van der Waals surface area contributed by atoms with Crippen LogP contribution in [0.1, 0.15) is 29.8 Å². The third-order valence-corrected chi connectivity index (χ3v) is 3.81. The fourth-order valence-electron chi connectivity index (χ4n) is 2.38. The quantitative estimate of drug-likeness (QED) is 0.868. The highest BCUT2D eigenvalue weighted by molar-refractivity contribution is 6.01. The molecule has 0 saturated carbocycles. The first-order valence-electron chi connectivity index (χ1n) is 7.92. The third kappa shape index (κ3) is 4.62. The summed E-state index contributed by atoms with van der Waals surface area (Å²) in [4.78, 5) is 24.9. The SMILES string of the molecule is Cc1ccccc1C(=O)N[C@H](C(=O)Nc1ccc(F)c(F)c1)C(C)C. The molecule has 0 aromatic heterocycles. The van der Waals surface area contributed by atoms with Gasteiger partial charge in [0.2, 0.25) is 5.91 Å². The van der Waals surface area contributed by atoms with E-state index >= 15 is 0 Å². The van der Waals surface area contributed by atoms with Gasteiger partial charge in [0.15, 0.2) is 11.6 Å². The van der Waals surface area contributed by atoms with Crippen molar-refractivity contribution in [3.8, 4) is 0 Å². The molecule has 0 aliphatic carbocycles. The van der Waals surface area contributed by atoms with Crippen LogP contribution >= 0.6 is 0 Å². The van der Waals surface area contributed by atoms with Crippen molar-refractivity contribution in [1.29, 1.82) is 0 Å². The second-order valence-corrected chi connectivity index (χ2v) is 6.13. The largest absolute Gasteiger partial charge is 0.340 e. The van der Waals surface area contributed by atoms with Crippen molar-refractivity contribution in [2.24, 2.45) is 5.92 Å². The van der Waals surface area contributed by atoms with Crippen LogP contribution in [0.3, 0.4) is 0 Å². The molecule has 2 amide bonds. The molecule has 6 heteroatoms. The monoisotopic (exact) mass is 346 g/mol. The van der Waals surface area contributed by atoms with Crippen molar-refractivity contribution in [1.82, 2.24) is 5.32 Å². The normalized spacial score (nSPS) is 11.9. The van der Waals surface area contributed by atoms with Crippen LogP contribution in [0.4, 0.5) is 14.5 Å². The zero-order valence-corrected chi connectivity index (χ0v) is 14.3. The van der Waals surface area contributed by atoms with Crippen LogP contribution in [0.15, 0.2) is 42.5 Å². The Hall–Kier alpha value is -2.76. The Morgan fingerprint density at radius 1 is 1.00 bits per heavy atom. The number of rotatable bonds is 5. The van der Waals surface area contributed by atoms with Gasteiger partial charge in [0, 0.05) is 17.3 Å². The molecule has 2 aromatic rings. The van der Waals surface area contributed by atoms with Gasteiger partial charge >= 0.3 is 0 Å². The second-order valence-electron chi connectivity index (χ2n) is 6.13. The van der Waals surface area contributed by atoms with Gasteiger partial charge in [-0.05, 0) is 36.6 Å². The van der Waals surface area contributed by atoms with E-state index in [-0.39, 0.29) is 17.5 Å². The van der Waals surface area contributed by atoms with Crippen molar-refractivity contribution in [2.75, 3.05) is 5.32 Å². The molecule has 2 rings (SSSR count). The van der Waals surface area contributed by atoms with Gasteiger partial charge in [0.05, 0.1) is 0 Å². The number of halogens is 2. The zero-order chi connectivity index (χ0) is 18.6. The van der Waals surface area contributed by atoms with E-state index in [1.807, 2.05) is 6.07 Å². The fourth-order valence-corrected chi connectivity index (χ4v) is 2.38. The van der Waals surface area contributed by atoms with E-state index in [0.29, 0.717) is 5.56 Å². The number of aryl methyl sites for hydroxylation is 1. The molecule has 2 N–H and O–H groups in total. The molecule has 0 spiro atoms. The summed E-state index contributed by atoms with van der Waals surface area (Å²) in [5, 5.41) is 5.20. The highest BCUT2D eigenvalue weighted by Gasteiger charge is 2.25. The minimum atomic E-state index is -1.05. The number of anilines is 1. The number of benzene rings is 2. The van der Waals surface area contributed by atoms with Crippen molar-refractivity contribution in [2.45, 2.75) is 26.8 Å². The molecule has 2 aromatic carbocycles. The van der Waals surface area contributed by atoms with Gasteiger partial charge in [-0.25, -0.2) is 8.78 Å². The first kappa shape index (κ1) is 18.6. The van der Waals surface area contributed by atoms with Gasteiger partial charge in [-0.1, -0.05) is 32.0 Å². The number of hydrogen-bond donors (Lipinski definition) is 2. The molecule has 0 aliphatic rings. The summed E-state index contributed by atoms with van der Waals surface area (Å²) in [7, 11) is 0. The van der Waals surface area contributed by atoms with Crippen LogP contribution in [0, 0.1) is 24.5 Å². The molecular weight excluding hydrogens is 326 g/mol. The maximum Gasteiger partial charge on any atom is 0.252 e. The lowest BCUT2D eigenvalue weighted by Gasteiger charge is -2.22. The summed E-state index contributed by atoms with van der Waals surface area (Å²) in [5.74, 6) is -3.10. The van der Waals surface area contributed by atoms with Gasteiger partial charge in [-0.3, -0.25) is 9.59 Å². The van der Waals surface area contributed by atoms with E-state index in [1.165, 1.54) is 6.07 Å². The smallest absolute Gasteiger partial charge is 0.252 e. The summed E-state index contributed by atoms with van der Waals surface area (Å²) >= 11 is 0. The van der Waals surface area contributed by atoms with Crippen molar-refractivity contribution in [3.63, 3.8) is 0 Å². The lowest BCUT2D eigenvalue weighted by atomic mass is 10.0. The van der Waals surface area contributed by atoms with E-state index < -0.39 is 23.6 Å². The summed E-state index contributed by atoms with van der Waals surface area (Å²) in [6, 6.07) is 9.32. The van der Waals surface area contributed by atoms with Crippen molar-refractivity contribution >= 4 is 17.5 Å². The van der Waals surface area contributed by atoms with E-state index in [4.69, 9.17) is 0 Å². The Morgan fingerprint density at radius 2 is 1.68 bits per heavy atom. The molecule has 0 fully saturated rings. The van der Waals surface area contributed by atoms with Crippen molar-refractivity contribution < 1.29 is 18.4 Å². The second kappa shape index (κ2) is 7.88. The summed E-state index contributed by atoms with van der Waals surface area (Å²) in [5.41, 5.74) is 1.40. The van der Waals surface area contributed by atoms with Gasteiger partial charge in [-0.2, -0.15) is 0 Å². The predicted molar refractivity (Wildman–Crippen MR) is 92.3 cm³/mol. The number of carbonyl (C=O) groups excluding carboxylic acids is 2. The van der Waals surface area contributed by atoms with E-state index in [0.717, 1.165) is 17.7 Å². The number of carbonyl (C=O) groups is 2. The summed E-state index contributed by atoms with van der Waals surface area (Å²) in [6.45, 7) is 5.38. The molecule has 0 heterocycles. The van der Waals surface area contributed by atoms with E-state index in [1.54, 1.807) is 39.0 Å². The average Bonchev–Trinajstić information content (AvgIpc) is 2.55. The first-order valence-corrected chi connectivity index (χ1v) is 7.92. The van der Waals surface area contributed by atoms with Crippen LogP contribution < -0.4 is 10.6 Å². The maximum atomic E-state index is 13.3. The Labute approximate surface area is 145 Å². The highest BCUT2D eigenvalue weighted by Crippen LogP contribution is 2.15. The zero-order valence-electron chi connectivity index (χ0n) is 14.3. The first-order chi connectivity index (χ1) is 11.8.